The van der Waals surface area contributed by atoms with Crippen LogP contribution in [0.2, 0.25) is 0 Å². The normalized spacial score (nSPS) is 14.5. The molecule has 91 valence electrons. The summed E-state index contributed by atoms with van der Waals surface area (Å²) in [6.45, 7) is 0.227. The number of pyridine rings is 1. The lowest BCUT2D eigenvalue weighted by Crippen LogP contribution is -2.00. The average molecular weight is 242 g/mol. The van der Waals surface area contributed by atoms with Crippen LogP contribution < -0.4 is 9.47 Å². The lowest BCUT2D eigenvalue weighted by molar-refractivity contribution is 0.0891. The van der Waals surface area contributed by atoms with Crippen LogP contribution in [0.4, 0.5) is 0 Å². The van der Waals surface area contributed by atoms with E-state index in [2.05, 4.69) is 4.98 Å². The number of aromatic nitrogens is 1. The van der Waals surface area contributed by atoms with Gasteiger partial charge in [0.1, 0.15) is 6.10 Å². The van der Waals surface area contributed by atoms with Gasteiger partial charge in [0.25, 0.3) is 0 Å². The molecule has 3 rings (SSSR count). The molecule has 1 aromatic heterocycles. The molecular weight excluding hydrogens is 230 g/mol. The highest BCUT2D eigenvalue weighted by Gasteiger charge is 2.17. The van der Waals surface area contributed by atoms with Gasteiger partial charge in [-0.25, -0.2) is 5.11 Å². The number of nitrogens with zero attached hydrogens (tertiary/aromatic N) is 1. The molecule has 4 heteroatoms. The van der Waals surface area contributed by atoms with Gasteiger partial charge in [-0.2, -0.15) is 0 Å². The molecule has 0 bridgehead atoms. The van der Waals surface area contributed by atoms with Crippen molar-refractivity contribution in [3.63, 3.8) is 0 Å². The molecule has 0 saturated carbocycles. The summed E-state index contributed by atoms with van der Waals surface area (Å²) in [7, 11) is 0. The number of rotatable bonds is 3. The van der Waals surface area contributed by atoms with E-state index < -0.39 is 6.10 Å². The van der Waals surface area contributed by atoms with Gasteiger partial charge in [-0.05, 0) is 29.3 Å². The number of ether oxygens (including phenoxy) is 2. The Morgan fingerprint density at radius 2 is 2.11 bits per heavy atom. The molecule has 4 nitrogen and oxygen atoms in total. The molecular formula is C14H12NO3. The standard InChI is InChI=1S/C14H12NO3/c16-12(6-10-2-1-5-15-8-10)11-3-4-13-14(7-11)18-9-17-13/h1-5,7-8,12H,6,9H2. The van der Waals surface area contributed by atoms with Crippen molar-refractivity contribution in [3.8, 4) is 11.5 Å². The highest BCUT2D eigenvalue weighted by atomic mass is 16.7. The first kappa shape index (κ1) is 11.0. The van der Waals surface area contributed by atoms with Gasteiger partial charge in [-0.1, -0.05) is 12.1 Å². The van der Waals surface area contributed by atoms with Crippen molar-refractivity contribution < 1.29 is 14.6 Å². The lowest BCUT2D eigenvalue weighted by Gasteiger charge is -2.09. The third-order valence-corrected chi connectivity index (χ3v) is 2.91. The second-order valence-electron chi connectivity index (χ2n) is 4.17. The summed E-state index contributed by atoms with van der Waals surface area (Å²) in [5, 5.41) is 12.2. The smallest absolute Gasteiger partial charge is 0.231 e. The monoisotopic (exact) mass is 242 g/mol. The van der Waals surface area contributed by atoms with E-state index in [1.165, 1.54) is 0 Å². The molecule has 2 aromatic rings. The van der Waals surface area contributed by atoms with Gasteiger partial charge in [-0.15, -0.1) is 0 Å². The maximum absolute atomic E-state index is 12.2. The van der Waals surface area contributed by atoms with Gasteiger partial charge in [0.15, 0.2) is 11.5 Å². The van der Waals surface area contributed by atoms with E-state index in [-0.39, 0.29) is 6.79 Å². The fourth-order valence-corrected chi connectivity index (χ4v) is 1.96. The highest BCUT2D eigenvalue weighted by Crippen LogP contribution is 2.34. The predicted molar refractivity (Wildman–Crippen MR) is 63.9 cm³/mol. The molecule has 1 radical (unpaired) electrons. The Kier molecular flexibility index (Phi) is 2.86. The Morgan fingerprint density at radius 1 is 1.22 bits per heavy atom. The van der Waals surface area contributed by atoms with Crippen LogP contribution in [0.3, 0.4) is 0 Å². The van der Waals surface area contributed by atoms with Crippen molar-refractivity contribution in [2.24, 2.45) is 0 Å². The predicted octanol–water partition coefficient (Wildman–Crippen LogP) is 2.52. The summed E-state index contributed by atoms with van der Waals surface area (Å²) in [5.41, 5.74) is 1.65. The first-order valence-corrected chi connectivity index (χ1v) is 5.77. The summed E-state index contributed by atoms with van der Waals surface area (Å²) in [5.74, 6) is 1.35. The van der Waals surface area contributed by atoms with E-state index >= 15 is 0 Å². The van der Waals surface area contributed by atoms with E-state index in [1.54, 1.807) is 30.6 Å². The zero-order valence-corrected chi connectivity index (χ0v) is 9.70. The van der Waals surface area contributed by atoms with Crippen LogP contribution >= 0.6 is 0 Å². The zero-order chi connectivity index (χ0) is 12.4. The summed E-state index contributed by atoms with van der Waals surface area (Å²) in [6.07, 6.45) is 3.03. The minimum atomic E-state index is -0.816. The Bertz CT molecular complexity index is 542. The van der Waals surface area contributed by atoms with E-state index in [0.717, 1.165) is 5.56 Å². The number of hydrogen-bond acceptors (Lipinski definition) is 3. The molecule has 1 unspecified atom stereocenters. The van der Waals surface area contributed by atoms with Gasteiger partial charge in [0, 0.05) is 18.8 Å². The van der Waals surface area contributed by atoms with E-state index in [9.17, 15) is 5.11 Å². The van der Waals surface area contributed by atoms with Crippen LogP contribution in [-0.2, 0) is 11.5 Å². The second-order valence-corrected chi connectivity index (χ2v) is 4.17. The van der Waals surface area contributed by atoms with Crippen molar-refractivity contribution in [3.05, 3.63) is 53.9 Å². The first-order valence-electron chi connectivity index (χ1n) is 5.77. The van der Waals surface area contributed by atoms with E-state index in [1.807, 2.05) is 12.1 Å². The largest absolute Gasteiger partial charge is 0.454 e. The van der Waals surface area contributed by atoms with Gasteiger partial charge in [0.2, 0.25) is 6.79 Å². The Labute approximate surface area is 105 Å². The molecule has 1 atom stereocenters. The summed E-state index contributed by atoms with van der Waals surface area (Å²) in [6, 6.07) is 9.08. The molecule has 1 aliphatic heterocycles. The molecule has 18 heavy (non-hydrogen) atoms. The Balaban J connectivity index is 1.78. The summed E-state index contributed by atoms with van der Waals surface area (Å²) in [4.78, 5) is 4.01. The molecule has 2 heterocycles. The van der Waals surface area contributed by atoms with Crippen molar-refractivity contribution in [2.45, 2.75) is 12.5 Å². The fraction of sp³-hybridized carbons (Fsp3) is 0.214. The van der Waals surface area contributed by atoms with Crippen molar-refractivity contribution >= 4 is 0 Å². The topological polar surface area (TPSA) is 51.2 Å². The number of fused-ring (bicyclic) bond motifs is 1. The maximum atomic E-state index is 12.2. The molecule has 0 N–H and O–H groups in total. The van der Waals surface area contributed by atoms with Gasteiger partial charge < -0.3 is 9.47 Å². The molecule has 1 aliphatic rings. The van der Waals surface area contributed by atoms with Crippen molar-refractivity contribution in [1.29, 1.82) is 0 Å². The van der Waals surface area contributed by atoms with Crippen LogP contribution in [-0.4, -0.2) is 11.8 Å². The molecule has 0 saturated heterocycles. The van der Waals surface area contributed by atoms with Gasteiger partial charge >= 0.3 is 0 Å². The number of benzene rings is 1. The first-order chi connectivity index (χ1) is 8.83. The van der Waals surface area contributed by atoms with Crippen molar-refractivity contribution in [1.82, 2.24) is 4.98 Å². The van der Waals surface area contributed by atoms with Crippen LogP contribution in [0.5, 0.6) is 11.5 Å². The van der Waals surface area contributed by atoms with Crippen LogP contribution in [0, 0.1) is 0 Å². The van der Waals surface area contributed by atoms with E-state index in [4.69, 9.17) is 9.47 Å². The quantitative estimate of drug-likeness (QED) is 0.831. The minimum absolute atomic E-state index is 0.227. The third kappa shape index (κ3) is 2.15. The molecule has 0 spiro atoms. The minimum Gasteiger partial charge on any atom is -0.454 e. The van der Waals surface area contributed by atoms with Gasteiger partial charge in [-0.3, -0.25) is 4.98 Å². The van der Waals surface area contributed by atoms with Gasteiger partial charge in [0.05, 0.1) is 0 Å². The number of hydrogen-bond donors (Lipinski definition) is 0. The van der Waals surface area contributed by atoms with Crippen LogP contribution in [0.1, 0.15) is 17.2 Å². The molecule has 0 aliphatic carbocycles. The second kappa shape index (κ2) is 4.66. The maximum Gasteiger partial charge on any atom is 0.231 e. The summed E-state index contributed by atoms with van der Waals surface area (Å²) >= 11 is 0. The van der Waals surface area contributed by atoms with Crippen LogP contribution in [0.15, 0.2) is 42.7 Å². The fourth-order valence-electron chi connectivity index (χ4n) is 1.96. The highest BCUT2D eigenvalue weighted by molar-refractivity contribution is 5.45. The zero-order valence-electron chi connectivity index (χ0n) is 9.70. The van der Waals surface area contributed by atoms with Crippen LogP contribution in [0.25, 0.3) is 0 Å². The SMILES string of the molecule is [O]C(Cc1cccnc1)c1ccc2c(c1)OCO2. The van der Waals surface area contributed by atoms with Crippen molar-refractivity contribution in [2.75, 3.05) is 6.79 Å². The molecule has 0 fully saturated rings. The summed E-state index contributed by atoms with van der Waals surface area (Å²) < 4.78 is 10.5. The third-order valence-electron chi connectivity index (χ3n) is 2.91. The Morgan fingerprint density at radius 3 is 2.94 bits per heavy atom. The van der Waals surface area contributed by atoms with E-state index in [0.29, 0.717) is 23.5 Å². The molecule has 1 aromatic carbocycles. The molecule has 0 amide bonds. The Hall–Kier alpha value is -2.07. The lowest BCUT2D eigenvalue weighted by atomic mass is 10.0. The average Bonchev–Trinajstić information content (AvgIpc) is 2.87.